The number of pyridine rings is 1. The number of carbonyl (C=O) groups is 1. The van der Waals surface area contributed by atoms with Crippen molar-refractivity contribution >= 4 is 23.6 Å². The Kier molecular flexibility index (Phi) is 7.00. The Labute approximate surface area is 192 Å². The average molecular weight is 449 g/mol. The van der Waals surface area contributed by atoms with Gasteiger partial charge in [0.15, 0.2) is 0 Å². The molecular weight excluding hydrogens is 424 g/mol. The fourth-order valence-electron chi connectivity index (χ4n) is 4.04. The third-order valence-electron chi connectivity index (χ3n) is 5.77. The van der Waals surface area contributed by atoms with E-state index >= 15 is 0 Å². The predicted octanol–water partition coefficient (Wildman–Crippen LogP) is 4.68. The molecule has 4 rings (SSSR count). The summed E-state index contributed by atoms with van der Waals surface area (Å²) >= 11 is 6.03. The van der Waals surface area contributed by atoms with Crippen LogP contribution in [0, 0.1) is 0 Å². The quantitative estimate of drug-likeness (QED) is 0.457. The van der Waals surface area contributed by atoms with Crippen molar-refractivity contribution in [1.29, 1.82) is 0 Å². The summed E-state index contributed by atoms with van der Waals surface area (Å²) in [5.74, 6) is -0.980. The molecule has 0 radical (unpaired) electrons. The minimum absolute atomic E-state index is 0.295. The van der Waals surface area contributed by atoms with Gasteiger partial charge in [0, 0.05) is 35.4 Å². The third kappa shape index (κ3) is 5.62. The number of aliphatic carboxylic acids is 1. The monoisotopic (exact) mass is 448 g/mol. The van der Waals surface area contributed by atoms with E-state index in [1.54, 1.807) is 18.3 Å². The van der Waals surface area contributed by atoms with Crippen LogP contribution >= 0.6 is 11.6 Å². The van der Waals surface area contributed by atoms with Gasteiger partial charge in [0.25, 0.3) is 0 Å². The maximum Gasteiger partial charge on any atom is 0.328 e. The molecule has 0 spiro atoms. The van der Waals surface area contributed by atoms with Gasteiger partial charge in [-0.1, -0.05) is 41.9 Å². The minimum atomic E-state index is -0.980. The SMILES string of the molecule is O=C(O)/C=C/c1ccc(-c2ccc3c(c2)CC(NCC(O)c2cccc(Cl)c2)CC3)nc1. The van der Waals surface area contributed by atoms with E-state index in [0.29, 0.717) is 17.6 Å². The number of aliphatic hydroxyl groups excluding tert-OH is 1. The first-order valence-corrected chi connectivity index (χ1v) is 11.0. The summed E-state index contributed by atoms with van der Waals surface area (Å²) < 4.78 is 0. The lowest BCUT2D eigenvalue weighted by molar-refractivity contribution is -0.131. The molecule has 6 heteroatoms. The first-order chi connectivity index (χ1) is 15.5. The first kappa shape index (κ1) is 22.2. The highest BCUT2D eigenvalue weighted by Gasteiger charge is 2.20. The molecule has 3 N–H and O–H groups in total. The number of aliphatic hydroxyl groups is 1. The van der Waals surface area contributed by atoms with Gasteiger partial charge in [-0.05, 0) is 71.9 Å². The van der Waals surface area contributed by atoms with E-state index in [-0.39, 0.29) is 0 Å². The predicted molar refractivity (Wildman–Crippen MR) is 127 cm³/mol. The smallest absolute Gasteiger partial charge is 0.328 e. The topological polar surface area (TPSA) is 82.5 Å². The number of nitrogens with zero attached hydrogens (tertiary/aromatic N) is 1. The lowest BCUT2D eigenvalue weighted by atomic mass is 9.86. The number of benzene rings is 2. The fraction of sp³-hybridized carbons (Fsp3) is 0.231. The van der Waals surface area contributed by atoms with Crippen molar-refractivity contribution in [2.75, 3.05) is 6.54 Å². The van der Waals surface area contributed by atoms with Crippen molar-refractivity contribution in [2.24, 2.45) is 0 Å². The molecule has 1 aliphatic carbocycles. The summed E-state index contributed by atoms with van der Waals surface area (Å²) in [6, 6.07) is 17.8. The molecule has 1 heterocycles. The standard InChI is InChI=1S/C26H25ClN2O3/c27-22-3-1-2-20(13-22)25(30)16-28-23-9-8-18-6-7-19(12-21(18)14-23)24-10-4-17(15-29-24)5-11-26(31)32/h1-7,10-13,15,23,25,28,30H,8-9,14,16H2,(H,31,32)/b11-5+. The molecule has 32 heavy (non-hydrogen) atoms. The molecule has 0 saturated carbocycles. The van der Waals surface area contributed by atoms with Gasteiger partial charge in [0.05, 0.1) is 11.8 Å². The average Bonchev–Trinajstić information content (AvgIpc) is 2.81. The molecule has 1 aromatic heterocycles. The van der Waals surface area contributed by atoms with E-state index in [9.17, 15) is 9.90 Å². The number of fused-ring (bicyclic) bond motifs is 1. The van der Waals surface area contributed by atoms with E-state index < -0.39 is 12.1 Å². The van der Waals surface area contributed by atoms with Gasteiger partial charge in [0.1, 0.15) is 0 Å². The van der Waals surface area contributed by atoms with Crippen LogP contribution in [-0.2, 0) is 17.6 Å². The maximum absolute atomic E-state index is 10.7. The Morgan fingerprint density at radius 2 is 2.06 bits per heavy atom. The Balaban J connectivity index is 1.41. The summed E-state index contributed by atoms with van der Waals surface area (Å²) in [6.07, 6.45) is 6.62. The lowest BCUT2D eigenvalue weighted by Crippen LogP contribution is -2.37. The van der Waals surface area contributed by atoms with Crippen LogP contribution in [0.5, 0.6) is 0 Å². The second-order valence-corrected chi connectivity index (χ2v) is 8.49. The van der Waals surface area contributed by atoms with E-state index in [1.807, 2.05) is 24.3 Å². The van der Waals surface area contributed by atoms with Crippen LogP contribution < -0.4 is 5.32 Å². The van der Waals surface area contributed by atoms with Crippen molar-refractivity contribution in [1.82, 2.24) is 10.3 Å². The van der Waals surface area contributed by atoms with E-state index in [1.165, 1.54) is 17.2 Å². The summed E-state index contributed by atoms with van der Waals surface area (Å²) in [6.45, 7) is 0.479. The fourth-order valence-corrected chi connectivity index (χ4v) is 4.24. The molecular formula is C26H25ClN2O3. The van der Waals surface area contributed by atoms with Gasteiger partial charge < -0.3 is 15.5 Å². The second kappa shape index (κ2) is 10.1. The Bertz CT molecular complexity index is 1130. The van der Waals surface area contributed by atoms with Gasteiger partial charge in [-0.25, -0.2) is 4.79 Å². The molecule has 2 atom stereocenters. The molecule has 164 valence electrons. The van der Waals surface area contributed by atoms with Crippen molar-refractivity contribution in [3.8, 4) is 11.3 Å². The molecule has 1 aliphatic rings. The van der Waals surface area contributed by atoms with Crippen LogP contribution in [0.2, 0.25) is 5.02 Å². The zero-order chi connectivity index (χ0) is 22.5. The lowest BCUT2D eigenvalue weighted by Gasteiger charge is -2.27. The van der Waals surface area contributed by atoms with Gasteiger partial charge in [-0.3, -0.25) is 4.98 Å². The van der Waals surface area contributed by atoms with Gasteiger partial charge >= 0.3 is 5.97 Å². The third-order valence-corrected chi connectivity index (χ3v) is 6.00. The van der Waals surface area contributed by atoms with Crippen LogP contribution in [0.25, 0.3) is 17.3 Å². The Morgan fingerprint density at radius 3 is 2.81 bits per heavy atom. The summed E-state index contributed by atoms with van der Waals surface area (Å²) in [4.78, 5) is 15.2. The highest BCUT2D eigenvalue weighted by atomic mass is 35.5. The maximum atomic E-state index is 10.7. The second-order valence-electron chi connectivity index (χ2n) is 8.05. The van der Waals surface area contributed by atoms with Crippen molar-refractivity contribution < 1.29 is 15.0 Å². The van der Waals surface area contributed by atoms with Gasteiger partial charge in [-0.2, -0.15) is 0 Å². The Hall–Kier alpha value is -2.99. The molecule has 5 nitrogen and oxygen atoms in total. The normalized spacial score (nSPS) is 16.6. The number of hydrogen-bond donors (Lipinski definition) is 3. The number of halogens is 1. The number of carboxylic acids is 1. The van der Waals surface area contributed by atoms with Crippen molar-refractivity contribution in [3.63, 3.8) is 0 Å². The molecule has 0 fully saturated rings. The number of carboxylic acid groups (broad SMARTS) is 1. The van der Waals surface area contributed by atoms with Crippen LogP contribution in [0.1, 0.15) is 34.8 Å². The van der Waals surface area contributed by atoms with Crippen LogP contribution in [0.15, 0.2) is 66.9 Å². The largest absolute Gasteiger partial charge is 0.478 e. The van der Waals surface area contributed by atoms with E-state index in [4.69, 9.17) is 16.7 Å². The molecule has 3 aromatic rings. The first-order valence-electron chi connectivity index (χ1n) is 10.6. The van der Waals surface area contributed by atoms with Crippen LogP contribution in [0.3, 0.4) is 0 Å². The van der Waals surface area contributed by atoms with Crippen LogP contribution in [-0.4, -0.2) is 33.8 Å². The van der Waals surface area contributed by atoms with E-state index in [2.05, 4.69) is 28.5 Å². The number of aryl methyl sites for hydroxylation is 1. The molecule has 0 amide bonds. The number of aromatic nitrogens is 1. The van der Waals surface area contributed by atoms with Crippen LogP contribution in [0.4, 0.5) is 0 Å². The minimum Gasteiger partial charge on any atom is -0.478 e. The Morgan fingerprint density at radius 1 is 1.19 bits per heavy atom. The number of rotatable bonds is 7. The summed E-state index contributed by atoms with van der Waals surface area (Å²) in [5.41, 5.74) is 6.10. The van der Waals surface area contributed by atoms with Crippen molar-refractivity contribution in [3.05, 3.63) is 94.1 Å². The molecule has 0 saturated heterocycles. The zero-order valence-electron chi connectivity index (χ0n) is 17.5. The van der Waals surface area contributed by atoms with Crippen molar-refractivity contribution in [2.45, 2.75) is 31.4 Å². The van der Waals surface area contributed by atoms with Gasteiger partial charge in [0.2, 0.25) is 0 Å². The number of hydrogen-bond acceptors (Lipinski definition) is 4. The molecule has 0 aliphatic heterocycles. The van der Waals surface area contributed by atoms with Gasteiger partial charge in [-0.15, -0.1) is 0 Å². The molecule has 2 aromatic carbocycles. The summed E-state index contributed by atoms with van der Waals surface area (Å²) in [7, 11) is 0. The van der Waals surface area contributed by atoms with E-state index in [0.717, 1.165) is 47.7 Å². The summed E-state index contributed by atoms with van der Waals surface area (Å²) in [5, 5.41) is 23.4. The molecule has 2 unspecified atom stereocenters. The highest BCUT2D eigenvalue weighted by molar-refractivity contribution is 6.30. The highest BCUT2D eigenvalue weighted by Crippen LogP contribution is 2.27. The molecule has 0 bridgehead atoms. The number of nitrogens with one attached hydrogen (secondary N) is 1. The zero-order valence-corrected chi connectivity index (χ0v) is 18.3.